The zero-order valence-corrected chi connectivity index (χ0v) is 15.5. The van der Waals surface area contributed by atoms with Gasteiger partial charge >= 0.3 is 0 Å². The minimum atomic E-state index is 0.114. The maximum absolute atomic E-state index is 13.1. The molecule has 5 heteroatoms. The number of rotatable bonds is 5. The predicted molar refractivity (Wildman–Crippen MR) is 99.6 cm³/mol. The monoisotopic (exact) mass is 340 g/mol. The average molecular weight is 340 g/mol. The summed E-state index contributed by atoms with van der Waals surface area (Å²) in [5, 5.41) is 4.44. The SMILES string of the molecule is Cc1nn(C)c(C)c1CC(=O)N(CC1CCCCC1)c1ccccn1. The lowest BCUT2D eigenvalue weighted by Crippen LogP contribution is -2.37. The first-order valence-electron chi connectivity index (χ1n) is 9.26. The van der Waals surface area contributed by atoms with Crippen molar-refractivity contribution in [1.29, 1.82) is 0 Å². The van der Waals surface area contributed by atoms with Crippen LogP contribution in [-0.2, 0) is 18.3 Å². The van der Waals surface area contributed by atoms with Gasteiger partial charge in [0, 0.05) is 31.0 Å². The number of aromatic nitrogens is 3. The summed E-state index contributed by atoms with van der Waals surface area (Å²) in [6.07, 6.45) is 8.43. The topological polar surface area (TPSA) is 51.0 Å². The van der Waals surface area contributed by atoms with Crippen LogP contribution < -0.4 is 4.90 Å². The highest BCUT2D eigenvalue weighted by Gasteiger charge is 2.24. The molecule has 0 N–H and O–H groups in total. The first kappa shape index (κ1) is 17.6. The first-order valence-corrected chi connectivity index (χ1v) is 9.26. The molecule has 0 bridgehead atoms. The number of hydrogen-bond acceptors (Lipinski definition) is 3. The second-order valence-electron chi connectivity index (χ2n) is 7.15. The van der Waals surface area contributed by atoms with Crippen molar-refractivity contribution in [1.82, 2.24) is 14.8 Å². The van der Waals surface area contributed by atoms with Crippen molar-refractivity contribution in [2.24, 2.45) is 13.0 Å². The molecular weight excluding hydrogens is 312 g/mol. The fourth-order valence-corrected chi connectivity index (χ4v) is 3.78. The Kier molecular flexibility index (Phi) is 5.51. The van der Waals surface area contributed by atoms with Gasteiger partial charge in [0.05, 0.1) is 12.1 Å². The molecule has 5 nitrogen and oxygen atoms in total. The van der Waals surface area contributed by atoms with Crippen LogP contribution in [0.4, 0.5) is 5.82 Å². The van der Waals surface area contributed by atoms with E-state index in [-0.39, 0.29) is 5.91 Å². The van der Waals surface area contributed by atoms with E-state index in [9.17, 15) is 4.79 Å². The van der Waals surface area contributed by atoms with Gasteiger partial charge in [-0.05, 0) is 44.7 Å². The average Bonchev–Trinajstić information content (AvgIpc) is 2.87. The van der Waals surface area contributed by atoms with Crippen molar-refractivity contribution < 1.29 is 4.79 Å². The first-order chi connectivity index (χ1) is 12.1. The second-order valence-corrected chi connectivity index (χ2v) is 7.15. The number of carbonyl (C=O) groups excluding carboxylic acids is 1. The van der Waals surface area contributed by atoms with Gasteiger partial charge in [0.15, 0.2) is 0 Å². The molecule has 0 atom stereocenters. The molecule has 0 aromatic carbocycles. The van der Waals surface area contributed by atoms with Crippen molar-refractivity contribution >= 4 is 11.7 Å². The number of anilines is 1. The summed E-state index contributed by atoms with van der Waals surface area (Å²) < 4.78 is 1.85. The Morgan fingerprint density at radius 3 is 2.60 bits per heavy atom. The van der Waals surface area contributed by atoms with Gasteiger partial charge in [-0.25, -0.2) is 4.98 Å². The summed E-state index contributed by atoms with van der Waals surface area (Å²) in [6.45, 7) is 4.77. The maximum atomic E-state index is 13.1. The third-order valence-electron chi connectivity index (χ3n) is 5.38. The zero-order valence-electron chi connectivity index (χ0n) is 15.5. The molecule has 3 rings (SSSR count). The van der Waals surface area contributed by atoms with Crippen LogP contribution in [-0.4, -0.2) is 27.2 Å². The Hall–Kier alpha value is -2.17. The molecule has 0 unspecified atom stereocenters. The number of amides is 1. The van der Waals surface area contributed by atoms with Crippen molar-refractivity contribution in [2.75, 3.05) is 11.4 Å². The van der Waals surface area contributed by atoms with Crippen LogP contribution in [0.15, 0.2) is 24.4 Å². The van der Waals surface area contributed by atoms with E-state index in [0.717, 1.165) is 29.3 Å². The standard InChI is InChI=1S/C20H28N4O/c1-15-18(16(2)23(3)22-15)13-20(25)24(19-11-7-8-12-21-19)14-17-9-5-4-6-10-17/h7-8,11-12,17H,4-6,9-10,13-14H2,1-3H3. The maximum Gasteiger partial charge on any atom is 0.232 e. The fraction of sp³-hybridized carbons (Fsp3) is 0.550. The highest BCUT2D eigenvalue weighted by molar-refractivity contribution is 5.94. The summed E-state index contributed by atoms with van der Waals surface area (Å²) in [5.41, 5.74) is 3.04. The normalized spacial score (nSPS) is 15.3. The molecule has 134 valence electrons. The van der Waals surface area contributed by atoms with E-state index in [1.165, 1.54) is 32.1 Å². The molecule has 1 fully saturated rings. The minimum Gasteiger partial charge on any atom is -0.296 e. The Balaban J connectivity index is 1.81. The van der Waals surface area contributed by atoms with Gasteiger partial charge in [-0.3, -0.25) is 14.4 Å². The van der Waals surface area contributed by atoms with Crippen LogP contribution >= 0.6 is 0 Å². The Morgan fingerprint density at radius 1 is 1.24 bits per heavy atom. The number of aryl methyl sites for hydroxylation is 2. The number of hydrogen-bond donors (Lipinski definition) is 0. The Labute approximate surface area is 150 Å². The summed E-state index contributed by atoms with van der Waals surface area (Å²) >= 11 is 0. The van der Waals surface area contributed by atoms with E-state index in [1.807, 2.05) is 48.7 Å². The van der Waals surface area contributed by atoms with Crippen LogP contribution in [0, 0.1) is 19.8 Å². The Bertz CT molecular complexity index is 717. The number of pyridine rings is 1. The molecule has 25 heavy (non-hydrogen) atoms. The molecule has 2 heterocycles. The van der Waals surface area contributed by atoms with Gasteiger partial charge in [0.1, 0.15) is 5.82 Å². The van der Waals surface area contributed by atoms with Crippen molar-refractivity contribution in [3.05, 3.63) is 41.3 Å². The lowest BCUT2D eigenvalue weighted by molar-refractivity contribution is -0.118. The lowest BCUT2D eigenvalue weighted by Gasteiger charge is -2.29. The smallest absolute Gasteiger partial charge is 0.232 e. The van der Waals surface area contributed by atoms with Gasteiger partial charge in [0.2, 0.25) is 5.91 Å². The predicted octanol–water partition coefficient (Wildman–Crippen LogP) is 3.59. The number of nitrogens with zero attached hydrogens (tertiary/aromatic N) is 4. The van der Waals surface area contributed by atoms with Crippen LogP contribution in [0.5, 0.6) is 0 Å². The molecule has 2 aromatic heterocycles. The molecular formula is C20H28N4O. The van der Waals surface area contributed by atoms with Gasteiger partial charge in [-0.15, -0.1) is 0 Å². The van der Waals surface area contributed by atoms with E-state index in [2.05, 4.69) is 10.1 Å². The van der Waals surface area contributed by atoms with E-state index in [4.69, 9.17) is 0 Å². The van der Waals surface area contributed by atoms with Crippen LogP contribution in [0.1, 0.15) is 49.1 Å². The number of carbonyl (C=O) groups is 1. The van der Waals surface area contributed by atoms with E-state index >= 15 is 0 Å². The third kappa shape index (κ3) is 4.09. The van der Waals surface area contributed by atoms with Crippen LogP contribution in [0.2, 0.25) is 0 Å². The molecule has 0 spiro atoms. The third-order valence-corrected chi connectivity index (χ3v) is 5.38. The largest absolute Gasteiger partial charge is 0.296 e. The van der Waals surface area contributed by atoms with Crippen molar-refractivity contribution in [3.8, 4) is 0 Å². The zero-order chi connectivity index (χ0) is 17.8. The van der Waals surface area contributed by atoms with Gasteiger partial charge < -0.3 is 0 Å². The summed E-state index contributed by atoms with van der Waals surface area (Å²) in [7, 11) is 1.93. The van der Waals surface area contributed by atoms with Crippen LogP contribution in [0.3, 0.4) is 0 Å². The summed E-state index contributed by atoms with van der Waals surface area (Å²) in [4.78, 5) is 19.5. The van der Waals surface area contributed by atoms with Gasteiger partial charge in [-0.2, -0.15) is 5.10 Å². The fourth-order valence-electron chi connectivity index (χ4n) is 3.78. The quantitative estimate of drug-likeness (QED) is 0.836. The Morgan fingerprint density at radius 2 is 2.00 bits per heavy atom. The molecule has 0 aliphatic heterocycles. The molecule has 1 aliphatic rings. The van der Waals surface area contributed by atoms with Crippen LogP contribution in [0.25, 0.3) is 0 Å². The minimum absolute atomic E-state index is 0.114. The summed E-state index contributed by atoms with van der Waals surface area (Å²) in [5.74, 6) is 1.46. The van der Waals surface area contributed by atoms with E-state index in [1.54, 1.807) is 6.20 Å². The van der Waals surface area contributed by atoms with Crippen molar-refractivity contribution in [3.63, 3.8) is 0 Å². The van der Waals surface area contributed by atoms with Gasteiger partial charge in [0.25, 0.3) is 0 Å². The molecule has 0 saturated heterocycles. The van der Waals surface area contributed by atoms with Gasteiger partial charge in [-0.1, -0.05) is 25.3 Å². The second kappa shape index (κ2) is 7.81. The molecule has 0 radical (unpaired) electrons. The molecule has 1 saturated carbocycles. The molecule has 1 amide bonds. The van der Waals surface area contributed by atoms with E-state index in [0.29, 0.717) is 12.3 Å². The molecule has 2 aromatic rings. The van der Waals surface area contributed by atoms with E-state index < -0.39 is 0 Å². The summed E-state index contributed by atoms with van der Waals surface area (Å²) in [6, 6.07) is 5.77. The van der Waals surface area contributed by atoms with Crippen molar-refractivity contribution in [2.45, 2.75) is 52.4 Å². The highest BCUT2D eigenvalue weighted by Crippen LogP contribution is 2.26. The highest BCUT2D eigenvalue weighted by atomic mass is 16.2. The lowest BCUT2D eigenvalue weighted by atomic mass is 9.89. The molecule has 1 aliphatic carbocycles.